The minimum Gasteiger partial charge on any atom is -0.380 e. The predicted octanol–water partition coefficient (Wildman–Crippen LogP) is 1.51. The largest absolute Gasteiger partial charge is 0.380 e. The van der Waals surface area contributed by atoms with Gasteiger partial charge in [0, 0.05) is 19.6 Å². The van der Waals surface area contributed by atoms with E-state index < -0.39 is 0 Å². The van der Waals surface area contributed by atoms with Gasteiger partial charge in [-0.3, -0.25) is 5.10 Å². The van der Waals surface area contributed by atoms with Gasteiger partial charge in [0.05, 0.1) is 12.1 Å². The number of hydrogen-bond acceptors (Lipinski definition) is 4. The van der Waals surface area contributed by atoms with Crippen molar-refractivity contribution in [3.8, 4) is 0 Å². The molecule has 2 atom stereocenters. The zero-order valence-corrected chi connectivity index (χ0v) is 10.3. The molecule has 1 aliphatic carbocycles. The summed E-state index contributed by atoms with van der Waals surface area (Å²) < 4.78 is 5.34. The van der Waals surface area contributed by atoms with Gasteiger partial charge < -0.3 is 10.1 Å². The van der Waals surface area contributed by atoms with Crippen LogP contribution in [-0.2, 0) is 4.74 Å². The van der Waals surface area contributed by atoms with Crippen LogP contribution in [-0.4, -0.2) is 34.9 Å². The molecule has 0 amide bonds. The smallest absolute Gasteiger partial charge is 0.153 e. The van der Waals surface area contributed by atoms with Crippen molar-refractivity contribution in [2.45, 2.75) is 50.2 Å². The lowest BCUT2D eigenvalue weighted by atomic mass is 10.1. The number of rotatable bonds is 3. The Balaban J connectivity index is 1.68. The van der Waals surface area contributed by atoms with E-state index >= 15 is 0 Å². The second-order valence-corrected chi connectivity index (χ2v) is 5.11. The number of ether oxygens (including phenoxy) is 1. The Hall–Kier alpha value is -0.940. The minimum atomic E-state index is 0.280. The van der Waals surface area contributed by atoms with Gasteiger partial charge in [0.1, 0.15) is 5.82 Å². The highest BCUT2D eigenvalue weighted by molar-refractivity contribution is 5.05. The molecule has 0 spiro atoms. The maximum absolute atomic E-state index is 5.34. The molecule has 2 N–H and O–H groups in total. The summed E-state index contributed by atoms with van der Waals surface area (Å²) in [5.74, 6) is 2.58. The van der Waals surface area contributed by atoms with Gasteiger partial charge in [-0.15, -0.1) is 0 Å². The Morgan fingerprint density at radius 2 is 2.12 bits per heavy atom. The van der Waals surface area contributed by atoms with Gasteiger partial charge in [0.15, 0.2) is 5.82 Å². The molecule has 3 rings (SSSR count). The molecule has 1 aromatic rings. The molecule has 1 aromatic heterocycles. The van der Waals surface area contributed by atoms with Crippen LogP contribution < -0.4 is 5.32 Å². The molecule has 2 fully saturated rings. The summed E-state index contributed by atoms with van der Waals surface area (Å²) >= 11 is 0. The van der Waals surface area contributed by atoms with Gasteiger partial charge >= 0.3 is 0 Å². The second kappa shape index (κ2) is 4.74. The molecule has 5 nitrogen and oxygen atoms in total. The fraction of sp³-hybridized carbons (Fsp3) is 0.833. The summed E-state index contributed by atoms with van der Waals surface area (Å²) in [5, 5.41) is 10.9. The molecule has 0 radical (unpaired) electrons. The highest BCUT2D eigenvalue weighted by Crippen LogP contribution is 2.32. The number of H-pyrrole nitrogens is 1. The van der Waals surface area contributed by atoms with Crippen molar-refractivity contribution in [1.29, 1.82) is 0 Å². The molecule has 17 heavy (non-hydrogen) atoms. The first-order valence-corrected chi connectivity index (χ1v) is 6.55. The first-order chi connectivity index (χ1) is 8.36. The van der Waals surface area contributed by atoms with Crippen molar-refractivity contribution >= 4 is 0 Å². The molecule has 0 bridgehead atoms. The van der Waals surface area contributed by atoms with Crippen molar-refractivity contribution in [3.63, 3.8) is 0 Å². The molecule has 1 saturated carbocycles. The van der Waals surface area contributed by atoms with E-state index in [1.165, 1.54) is 25.7 Å². The third kappa shape index (κ3) is 2.21. The average molecular weight is 236 g/mol. The second-order valence-electron chi connectivity index (χ2n) is 5.11. The molecule has 5 heteroatoms. The van der Waals surface area contributed by atoms with E-state index in [1.54, 1.807) is 7.11 Å². The first-order valence-electron chi connectivity index (χ1n) is 6.55. The lowest BCUT2D eigenvalue weighted by Crippen LogP contribution is -2.16. The van der Waals surface area contributed by atoms with Crippen molar-refractivity contribution in [1.82, 2.24) is 20.5 Å². The molecule has 2 heterocycles. The van der Waals surface area contributed by atoms with Crippen LogP contribution in [0.5, 0.6) is 0 Å². The molecule has 2 aliphatic rings. The Kier molecular flexibility index (Phi) is 3.11. The molecule has 1 aliphatic heterocycles. The van der Waals surface area contributed by atoms with Crippen LogP contribution >= 0.6 is 0 Å². The topological polar surface area (TPSA) is 62.8 Å². The van der Waals surface area contributed by atoms with Gasteiger partial charge in [-0.1, -0.05) is 12.8 Å². The Morgan fingerprint density at radius 3 is 2.82 bits per heavy atom. The molecule has 94 valence electrons. The summed E-state index contributed by atoms with van der Waals surface area (Å²) in [6.07, 6.45) is 6.42. The summed E-state index contributed by atoms with van der Waals surface area (Å²) in [7, 11) is 1.76. The highest BCUT2D eigenvalue weighted by Gasteiger charge is 2.29. The molecule has 2 unspecified atom stereocenters. The Labute approximate surface area is 101 Å². The number of aromatic amines is 1. The number of nitrogens with one attached hydrogen (secondary N) is 2. The highest BCUT2D eigenvalue weighted by atomic mass is 16.5. The van der Waals surface area contributed by atoms with Gasteiger partial charge in [0.25, 0.3) is 0 Å². The van der Waals surface area contributed by atoms with Gasteiger partial charge in [-0.25, -0.2) is 4.98 Å². The molecular weight excluding hydrogens is 216 g/mol. The first kappa shape index (κ1) is 11.2. The molecular formula is C12H20N4O. The monoisotopic (exact) mass is 236 g/mol. The number of aromatic nitrogens is 3. The third-order valence-corrected chi connectivity index (χ3v) is 3.99. The van der Waals surface area contributed by atoms with E-state index in [0.717, 1.165) is 24.6 Å². The van der Waals surface area contributed by atoms with Gasteiger partial charge in [-0.2, -0.15) is 5.10 Å². The normalized spacial score (nSPS) is 30.2. The van der Waals surface area contributed by atoms with E-state index in [-0.39, 0.29) is 6.04 Å². The SMILES string of the molecule is COC1CNC(c2nc(C3CCCC3)n[nH]2)C1. The van der Waals surface area contributed by atoms with Crippen molar-refractivity contribution in [3.05, 3.63) is 11.6 Å². The summed E-state index contributed by atoms with van der Waals surface area (Å²) in [6, 6.07) is 0.280. The number of nitrogens with zero attached hydrogens (tertiary/aromatic N) is 2. The van der Waals surface area contributed by atoms with E-state index in [0.29, 0.717) is 12.0 Å². The standard InChI is InChI=1S/C12H20N4O/c1-17-9-6-10(13-7-9)12-14-11(15-16-12)8-4-2-3-5-8/h8-10,13H,2-7H2,1H3,(H,14,15,16). The predicted molar refractivity (Wildman–Crippen MR) is 63.7 cm³/mol. The van der Waals surface area contributed by atoms with Crippen molar-refractivity contribution in [2.75, 3.05) is 13.7 Å². The lowest BCUT2D eigenvalue weighted by Gasteiger charge is -2.06. The maximum atomic E-state index is 5.34. The minimum absolute atomic E-state index is 0.280. The van der Waals surface area contributed by atoms with Crippen LogP contribution in [0.25, 0.3) is 0 Å². The maximum Gasteiger partial charge on any atom is 0.153 e. The summed E-state index contributed by atoms with van der Waals surface area (Å²) in [6.45, 7) is 0.903. The van der Waals surface area contributed by atoms with E-state index in [1.807, 2.05) is 0 Å². The van der Waals surface area contributed by atoms with Crippen molar-refractivity contribution < 1.29 is 4.74 Å². The average Bonchev–Trinajstić information content (AvgIpc) is 3.09. The van der Waals surface area contributed by atoms with Crippen LogP contribution in [0.1, 0.15) is 55.7 Å². The Morgan fingerprint density at radius 1 is 1.29 bits per heavy atom. The fourth-order valence-electron chi connectivity index (χ4n) is 2.90. The third-order valence-electron chi connectivity index (χ3n) is 3.99. The van der Waals surface area contributed by atoms with E-state index in [9.17, 15) is 0 Å². The van der Waals surface area contributed by atoms with Gasteiger partial charge in [-0.05, 0) is 19.3 Å². The lowest BCUT2D eigenvalue weighted by molar-refractivity contribution is 0.117. The quantitative estimate of drug-likeness (QED) is 0.835. The van der Waals surface area contributed by atoms with Crippen LogP contribution in [0.3, 0.4) is 0 Å². The fourth-order valence-corrected chi connectivity index (χ4v) is 2.90. The zero-order valence-electron chi connectivity index (χ0n) is 10.3. The van der Waals surface area contributed by atoms with Crippen LogP contribution in [0, 0.1) is 0 Å². The van der Waals surface area contributed by atoms with E-state index in [4.69, 9.17) is 4.74 Å². The Bertz CT molecular complexity index is 372. The number of hydrogen-bond donors (Lipinski definition) is 2. The van der Waals surface area contributed by atoms with Crippen LogP contribution in [0.2, 0.25) is 0 Å². The zero-order chi connectivity index (χ0) is 11.7. The molecule has 0 aromatic carbocycles. The van der Waals surface area contributed by atoms with Crippen molar-refractivity contribution in [2.24, 2.45) is 0 Å². The van der Waals surface area contributed by atoms with Crippen LogP contribution in [0.15, 0.2) is 0 Å². The molecule has 1 saturated heterocycles. The summed E-state index contributed by atoms with van der Waals surface area (Å²) in [5.41, 5.74) is 0. The number of methoxy groups -OCH3 is 1. The summed E-state index contributed by atoms with van der Waals surface area (Å²) in [4.78, 5) is 4.66. The van der Waals surface area contributed by atoms with E-state index in [2.05, 4.69) is 20.5 Å². The van der Waals surface area contributed by atoms with Gasteiger partial charge in [0.2, 0.25) is 0 Å². The van der Waals surface area contributed by atoms with Crippen LogP contribution in [0.4, 0.5) is 0 Å².